The Morgan fingerprint density at radius 1 is 1.21 bits per heavy atom. The molecule has 0 amide bonds. The molecular weight excluding hydrogens is 521 g/mol. The summed E-state index contributed by atoms with van der Waals surface area (Å²) >= 11 is 5.88. The number of carboxylic acids is 1. The molecule has 0 radical (unpaired) electrons. The molecule has 0 aliphatic carbocycles. The van der Waals surface area contributed by atoms with Crippen molar-refractivity contribution in [2.45, 2.75) is 52.1 Å². The van der Waals surface area contributed by atoms with Gasteiger partial charge in [0.2, 0.25) is 0 Å². The number of carbonyl (C=O) groups is 1. The summed E-state index contributed by atoms with van der Waals surface area (Å²) in [5.41, 5.74) is 5.79. The van der Waals surface area contributed by atoms with Gasteiger partial charge in [0.25, 0.3) is 0 Å². The molecule has 9 heteroatoms. The van der Waals surface area contributed by atoms with Crippen molar-refractivity contribution in [3.8, 4) is 5.75 Å². The van der Waals surface area contributed by atoms with Crippen LogP contribution in [0.5, 0.6) is 5.75 Å². The first kappa shape index (κ1) is 25.8. The molecule has 4 aromatic rings. The molecule has 3 aromatic carbocycles. The quantitative estimate of drug-likeness (QED) is 0.301. The minimum Gasteiger partial charge on any atom is -0.489 e. The summed E-state index contributed by atoms with van der Waals surface area (Å²) in [5, 5.41) is 9.87. The van der Waals surface area contributed by atoms with E-state index in [0.717, 1.165) is 60.7 Å². The van der Waals surface area contributed by atoms with Gasteiger partial charge in [0.15, 0.2) is 0 Å². The molecule has 7 nitrogen and oxygen atoms in total. The summed E-state index contributed by atoms with van der Waals surface area (Å²) in [6.07, 6.45) is 2.00. The lowest BCUT2D eigenvalue weighted by Crippen LogP contribution is -2.34. The van der Waals surface area contributed by atoms with Gasteiger partial charge < -0.3 is 19.1 Å². The molecule has 3 heterocycles. The largest absolute Gasteiger partial charge is 0.489 e. The Hall–Kier alpha value is -3.46. The Morgan fingerprint density at radius 3 is 2.79 bits per heavy atom. The number of rotatable bonds is 8. The van der Waals surface area contributed by atoms with Crippen LogP contribution in [-0.4, -0.2) is 44.8 Å². The van der Waals surface area contributed by atoms with Gasteiger partial charge in [-0.2, -0.15) is 0 Å². The summed E-state index contributed by atoms with van der Waals surface area (Å²) in [4.78, 5) is 18.8. The number of aryl methyl sites for hydroxylation is 1. The van der Waals surface area contributed by atoms with E-state index in [1.54, 1.807) is 30.3 Å². The number of halogens is 2. The molecule has 0 bridgehead atoms. The highest BCUT2D eigenvalue weighted by atomic mass is 35.5. The van der Waals surface area contributed by atoms with Crippen molar-refractivity contribution in [2.75, 3.05) is 13.2 Å². The minimum absolute atomic E-state index is 0.116. The maximum Gasteiger partial charge on any atom is 0.335 e. The van der Waals surface area contributed by atoms with Crippen molar-refractivity contribution < 1.29 is 23.8 Å². The maximum atomic E-state index is 14.2. The van der Waals surface area contributed by atoms with Crippen molar-refractivity contribution in [3.05, 3.63) is 93.0 Å². The SMILES string of the molecule is Cc1cc2c(cc1OCc1ccc(Cl)cc1F)CN(Cc1nc3ccc(C(=O)O)cc3n1C[C@@H]1CCO1)CC2. The Bertz CT molecular complexity index is 1570. The number of ether oxygens (including phenoxy) is 2. The summed E-state index contributed by atoms with van der Waals surface area (Å²) in [6.45, 7) is 5.77. The highest BCUT2D eigenvalue weighted by Gasteiger charge is 2.25. The molecule has 1 saturated heterocycles. The average molecular weight is 550 g/mol. The van der Waals surface area contributed by atoms with Crippen LogP contribution in [0, 0.1) is 12.7 Å². The van der Waals surface area contributed by atoms with Crippen LogP contribution in [0.25, 0.3) is 11.0 Å². The van der Waals surface area contributed by atoms with Gasteiger partial charge in [-0.1, -0.05) is 23.7 Å². The molecule has 39 heavy (non-hydrogen) atoms. The van der Waals surface area contributed by atoms with Crippen LogP contribution >= 0.6 is 11.6 Å². The number of hydrogen-bond donors (Lipinski definition) is 1. The Balaban J connectivity index is 1.22. The van der Waals surface area contributed by atoms with Crippen molar-refractivity contribution >= 4 is 28.6 Å². The zero-order valence-electron chi connectivity index (χ0n) is 21.6. The third-order valence-electron chi connectivity index (χ3n) is 7.61. The van der Waals surface area contributed by atoms with E-state index in [0.29, 0.717) is 23.7 Å². The summed E-state index contributed by atoms with van der Waals surface area (Å²) < 4.78 is 28.1. The molecule has 2 aliphatic rings. The van der Waals surface area contributed by atoms with Crippen LogP contribution in [0.4, 0.5) is 4.39 Å². The van der Waals surface area contributed by atoms with Crippen LogP contribution < -0.4 is 4.74 Å². The third kappa shape index (κ3) is 5.37. The van der Waals surface area contributed by atoms with Crippen molar-refractivity contribution in [1.29, 1.82) is 0 Å². The van der Waals surface area contributed by atoms with Crippen LogP contribution in [0.3, 0.4) is 0 Å². The van der Waals surface area contributed by atoms with Crippen molar-refractivity contribution in [3.63, 3.8) is 0 Å². The van der Waals surface area contributed by atoms with Gasteiger partial charge >= 0.3 is 5.97 Å². The van der Waals surface area contributed by atoms with Gasteiger partial charge in [0.1, 0.15) is 24.0 Å². The lowest BCUT2D eigenvalue weighted by Gasteiger charge is -2.31. The third-order valence-corrected chi connectivity index (χ3v) is 7.84. The summed E-state index contributed by atoms with van der Waals surface area (Å²) in [6, 6.07) is 13.9. The van der Waals surface area contributed by atoms with E-state index in [9.17, 15) is 14.3 Å². The molecule has 2 aliphatic heterocycles. The Kier molecular flexibility index (Phi) is 7.01. The summed E-state index contributed by atoms with van der Waals surface area (Å²) in [7, 11) is 0. The number of aromatic nitrogens is 2. The van der Waals surface area contributed by atoms with Gasteiger partial charge in [-0.05, 0) is 72.9 Å². The Labute approximate surface area is 230 Å². The fraction of sp³-hybridized carbons (Fsp3) is 0.333. The molecule has 0 saturated carbocycles. The standard InChI is InChI=1S/C30H29ClFN3O4/c1-18-10-19-6-8-34(14-22(19)12-28(18)39-17-21-2-4-23(31)13-25(21)32)16-29-33-26-5-3-20(30(36)37)11-27(26)35(29)15-24-7-9-38-24/h2-5,10-13,24H,6-9,14-17H2,1H3,(H,36,37)/t24-/m0/s1. The first-order valence-corrected chi connectivity index (χ1v) is 13.5. The topological polar surface area (TPSA) is 76.8 Å². The number of imidazole rings is 1. The first-order valence-electron chi connectivity index (χ1n) is 13.1. The van der Waals surface area contributed by atoms with E-state index >= 15 is 0 Å². The smallest absolute Gasteiger partial charge is 0.335 e. The molecule has 6 rings (SSSR count). The van der Waals surface area contributed by atoms with E-state index < -0.39 is 5.97 Å². The second-order valence-electron chi connectivity index (χ2n) is 10.3. The number of benzene rings is 3. The molecule has 0 spiro atoms. The fourth-order valence-electron chi connectivity index (χ4n) is 5.32. The average Bonchev–Trinajstić information content (AvgIpc) is 3.21. The molecule has 1 fully saturated rings. The van der Waals surface area contributed by atoms with E-state index in [1.807, 2.05) is 6.92 Å². The molecule has 1 aromatic heterocycles. The van der Waals surface area contributed by atoms with E-state index in [4.69, 9.17) is 26.1 Å². The van der Waals surface area contributed by atoms with Gasteiger partial charge in [-0.15, -0.1) is 0 Å². The van der Waals surface area contributed by atoms with E-state index in [-0.39, 0.29) is 24.1 Å². The highest BCUT2D eigenvalue weighted by Crippen LogP contribution is 2.30. The monoisotopic (exact) mass is 549 g/mol. The Morgan fingerprint density at radius 2 is 2.05 bits per heavy atom. The predicted octanol–water partition coefficient (Wildman–Crippen LogP) is 5.76. The van der Waals surface area contributed by atoms with Gasteiger partial charge in [0, 0.05) is 30.3 Å². The van der Waals surface area contributed by atoms with Crippen molar-refractivity contribution in [1.82, 2.24) is 14.5 Å². The van der Waals surface area contributed by atoms with Gasteiger partial charge in [-0.25, -0.2) is 14.2 Å². The van der Waals surface area contributed by atoms with E-state index in [2.05, 4.69) is 21.6 Å². The van der Waals surface area contributed by atoms with Crippen LogP contribution in [0.1, 0.15) is 44.9 Å². The summed E-state index contributed by atoms with van der Waals surface area (Å²) in [5.74, 6) is 0.301. The van der Waals surface area contributed by atoms with Gasteiger partial charge in [-0.3, -0.25) is 4.90 Å². The van der Waals surface area contributed by atoms with E-state index in [1.165, 1.54) is 17.2 Å². The number of aromatic carboxylic acids is 1. The molecular formula is C30H29ClFN3O4. The zero-order valence-corrected chi connectivity index (χ0v) is 22.4. The molecule has 1 atom stereocenters. The normalized spacial score (nSPS) is 17.2. The number of fused-ring (bicyclic) bond motifs is 2. The van der Waals surface area contributed by atoms with Crippen LogP contribution in [0.2, 0.25) is 5.02 Å². The predicted molar refractivity (Wildman–Crippen MR) is 146 cm³/mol. The minimum atomic E-state index is -0.953. The highest BCUT2D eigenvalue weighted by molar-refractivity contribution is 6.30. The lowest BCUT2D eigenvalue weighted by molar-refractivity contribution is -0.0592. The van der Waals surface area contributed by atoms with Crippen LogP contribution in [0.15, 0.2) is 48.5 Å². The van der Waals surface area contributed by atoms with Crippen LogP contribution in [-0.2, 0) is 37.4 Å². The second-order valence-corrected chi connectivity index (χ2v) is 10.7. The number of hydrogen-bond acceptors (Lipinski definition) is 5. The molecule has 0 unspecified atom stereocenters. The molecule has 202 valence electrons. The maximum absolute atomic E-state index is 14.2. The number of carboxylic acid groups (broad SMARTS) is 1. The number of nitrogens with zero attached hydrogens (tertiary/aromatic N) is 3. The fourth-order valence-corrected chi connectivity index (χ4v) is 5.47. The second kappa shape index (κ2) is 10.6. The lowest BCUT2D eigenvalue weighted by atomic mass is 9.97. The first-order chi connectivity index (χ1) is 18.8. The van der Waals surface area contributed by atoms with Crippen molar-refractivity contribution in [2.24, 2.45) is 0 Å². The molecule has 1 N–H and O–H groups in total. The zero-order chi connectivity index (χ0) is 27.1. The van der Waals surface area contributed by atoms with Gasteiger partial charge in [0.05, 0.1) is 35.8 Å².